The lowest BCUT2D eigenvalue weighted by Gasteiger charge is -2.10. The molecule has 0 saturated carbocycles. The molecule has 0 radical (unpaired) electrons. The molecular formula is C31H29BrN2. The van der Waals surface area contributed by atoms with Crippen LogP contribution >= 0.6 is 0 Å². The summed E-state index contributed by atoms with van der Waals surface area (Å²) in [6, 6.07) is 38.9. The van der Waals surface area contributed by atoms with E-state index in [1.54, 1.807) is 0 Å². The largest absolute Gasteiger partial charge is 1.00 e. The molecule has 0 aliphatic rings. The number of nitrogens with zero attached hydrogens (tertiary/aromatic N) is 2. The summed E-state index contributed by atoms with van der Waals surface area (Å²) in [6.07, 6.45) is 0. The second kappa shape index (κ2) is 10.2. The van der Waals surface area contributed by atoms with E-state index in [4.69, 9.17) is 0 Å². The Hall–Kier alpha value is -3.43. The Balaban J connectivity index is 0.00000274. The van der Waals surface area contributed by atoms with Crippen molar-refractivity contribution in [3.8, 4) is 33.9 Å². The molecule has 0 aliphatic carbocycles. The molecule has 1 heterocycles. The summed E-state index contributed by atoms with van der Waals surface area (Å²) in [5, 5.41) is 0. The van der Waals surface area contributed by atoms with Crippen molar-refractivity contribution in [1.29, 1.82) is 0 Å². The Morgan fingerprint density at radius 3 is 1.68 bits per heavy atom. The SMILES string of the molecule is Cc1cccc(C)c1-c1n(Cc2ccccc2)c(-c2ccccc2)c(-c2ccccc2)[n+]1C.[Br-]. The topological polar surface area (TPSA) is 8.81 Å². The van der Waals surface area contributed by atoms with Gasteiger partial charge in [-0.2, -0.15) is 0 Å². The number of benzene rings is 4. The summed E-state index contributed by atoms with van der Waals surface area (Å²) in [7, 11) is 2.21. The van der Waals surface area contributed by atoms with Crippen LogP contribution in [0.25, 0.3) is 33.9 Å². The highest BCUT2D eigenvalue weighted by atomic mass is 79.9. The molecule has 0 atom stereocenters. The number of aryl methyl sites for hydroxylation is 2. The van der Waals surface area contributed by atoms with E-state index in [1.165, 1.54) is 50.6 Å². The normalized spacial score (nSPS) is 10.7. The van der Waals surface area contributed by atoms with Crippen molar-refractivity contribution >= 4 is 0 Å². The summed E-state index contributed by atoms with van der Waals surface area (Å²) >= 11 is 0. The van der Waals surface area contributed by atoms with E-state index in [0.717, 1.165) is 6.54 Å². The monoisotopic (exact) mass is 508 g/mol. The van der Waals surface area contributed by atoms with Crippen molar-refractivity contribution in [1.82, 2.24) is 4.57 Å². The third-order valence-electron chi connectivity index (χ3n) is 6.39. The van der Waals surface area contributed by atoms with Gasteiger partial charge in [-0.15, -0.1) is 0 Å². The van der Waals surface area contributed by atoms with E-state index in [-0.39, 0.29) is 17.0 Å². The van der Waals surface area contributed by atoms with Crippen LogP contribution in [-0.2, 0) is 13.6 Å². The minimum absolute atomic E-state index is 0. The number of aromatic nitrogens is 2. The van der Waals surface area contributed by atoms with Gasteiger partial charge in [-0.3, -0.25) is 0 Å². The molecule has 0 spiro atoms. The van der Waals surface area contributed by atoms with Gasteiger partial charge < -0.3 is 17.0 Å². The smallest absolute Gasteiger partial charge is 0.290 e. The van der Waals surface area contributed by atoms with Crippen molar-refractivity contribution < 1.29 is 21.5 Å². The van der Waals surface area contributed by atoms with Crippen LogP contribution < -0.4 is 21.5 Å². The summed E-state index contributed by atoms with van der Waals surface area (Å²) in [5.74, 6) is 1.23. The van der Waals surface area contributed by atoms with Gasteiger partial charge in [0.15, 0.2) is 11.4 Å². The highest BCUT2D eigenvalue weighted by Crippen LogP contribution is 2.37. The van der Waals surface area contributed by atoms with E-state index in [2.05, 4.69) is 139 Å². The summed E-state index contributed by atoms with van der Waals surface area (Å²) in [4.78, 5) is 0. The molecule has 0 aliphatic heterocycles. The van der Waals surface area contributed by atoms with Crippen LogP contribution in [0.1, 0.15) is 16.7 Å². The van der Waals surface area contributed by atoms with Gasteiger partial charge in [-0.05, 0) is 30.5 Å². The average molecular weight is 509 g/mol. The van der Waals surface area contributed by atoms with Gasteiger partial charge in [-0.25, -0.2) is 9.13 Å². The Kier molecular flexibility index (Phi) is 7.14. The summed E-state index contributed by atoms with van der Waals surface area (Å²) in [5.41, 5.74) is 10.1. The molecule has 2 nitrogen and oxygen atoms in total. The standard InChI is InChI=1S/C31H29N2.BrH/c1-23-14-13-15-24(2)28(23)31-32(3)29(26-18-9-5-10-19-26)30(27-20-11-6-12-21-27)33(31)22-25-16-7-4-8-17-25;/h4-21H,22H2,1-3H3;1H/q+1;/p-1. The maximum atomic E-state index is 2.50. The maximum Gasteiger partial charge on any atom is 0.290 e. The number of rotatable bonds is 5. The van der Waals surface area contributed by atoms with Crippen molar-refractivity contribution in [3.63, 3.8) is 0 Å². The van der Waals surface area contributed by atoms with Gasteiger partial charge in [0, 0.05) is 11.1 Å². The third-order valence-corrected chi connectivity index (χ3v) is 6.39. The fourth-order valence-electron chi connectivity index (χ4n) is 4.88. The van der Waals surface area contributed by atoms with Gasteiger partial charge in [0.2, 0.25) is 0 Å². The van der Waals surface area contributed by atoms with Crippen LogP contribution in [0.2, 0.25) is 0 Å². The molecular weight excluding hydrogens is 480 g/mol. The fourth-order valence-corrected chi connectivity index (χ4v) is 4.88. The number of halogens is 1. The zero-order valence-corrected chi connectivity index (χ0v) is 21.5. The molecule has 3 heteroatoms. The quantitative estimate of drug-likeness (QED) is 0.317. The lowest BCUT2D eigenvalue weighted by Crippen LogP contribution is -3.00. The Labute approximate surface area is 212 Å². The van der Waals surface area contributed by atoms with Gasteiger partial charge in [0.25, 0.3) is 5.82 Å². The molecule has 0 bridgehead atoms. The molecule has 4 aromatic carbocycles. The van der Waals surface area contributed by atoms with Crippen LogP contribution in [0.4, 0.5) is 0 Å². The number of hydrogen-bond acceptors (Lipinski definition) is 0. The number of hydrogen-bond donors (Lipinski definition) is 0. The average Bonchev–Trinajstić information content (AvgIpc) is 3.12. The number of imidazole rings is 1. The second-order valence-corrected chi connectivity index (χ2v) is 8.65. The first-order chi connectivity index (χ1) is 16.1. The molecule has 34 heavy (non-hydrogen) atoms. The minimum atomic E-state index is 0. The molecule has 0 N–H and O–H groups in total. The molecule has 5 aromatic rings. The first-order valence-corrected chi connectivity index (χ1v) is 11.5. The third kappa shape index (κ3) is 4.36. The first-order valence-electron chi connectivity index (χ1n) is 11.5. The van der Waals surface area contributed by atoms with E-state index < -0.39 is 0 Å². The van der Waals surface area contributed by atoms with E-state index in [0.29, 0.717) is 0 Å². The predicted octanol–water partition coefficient (Wildman–Crippen LogP) is 3.98. The second-order valence-electron chi connectivity index (χ2n) is 8.65. The highest BCUT2D eigenvalue weighted by molar-refractivity contribution is 5.80. The Morgan fingerprint density at radius 2 is 1.12 bits per heavy atom. The van der Waals surface area contributed by atoms with E-state index in [1.807, 2.05) is 0 Å². The zero-order chi connectivity index (χ0) is 22.8. The summed E-state index contributed by atoms with van der Waals surface area (Å²) in [6.45, 7) is 5.23. The molecule has 1 aromatic heterocycles. The van der Waals surface area contributed by atoms with E-state index >= 15 is 0 Å². The van der Waals surface area contributed by atoms with Crippen molar-refractivity contribution in [2.24, 2.45) is 7.05 Å². The van der Waals surface area contributed by atoms with Crippen LogP contribution in [0.15, 0.2) is 109 Å². The Bertz CT molecular complexity index is 1370. The Morgan fingerprint density at radius 1 is 0.618 bits per heavy atom. The molecule has 5 rings (SSSR count). The zero-order valence-electron chi connectivity index (χ0n) is 19.9. The van der Waals surface area contributed by atoms with E-state index in [9.17, 15) is 0 Å². The fraction of sp³-hybridized carbons (Fsp3) is 0.129. The maximum absolute atomic E-state index is 2.50. The predicted molar refractivity (Wildman–Crippen MR) is 137 cm³/mol. The van der Waals surface area contributed by atoms with Gasteiger partial charge in [0.05, 0.1) is 12.6 Å². The molecule has 0 fully saturated rings. The van der Waals surface area contributed by atoms with Crippen LogP contribution in [-0.4, -0.2) is 4.57 Å². The summed E-state index contributed by atoms with van der Waals surface area (Å²) < 4.78 is 4.89. The lowest BCUT2D eigenvalue weighted by molar-refractivity contribution is -0.648. The first kappa shape index (κ1) is 23.7. The molecule has 0 unspecified atom stereocenters. The van der Waals surface area contributed by atoms with Crippen molar-refractivity contribution in [2.75, 3.05) is 0 Å². The minimum Gasteiger partial charge on any atom is -1.00 e. The van der Waals surface area contributed by atoms with Crippen molar-refractivity contribution in [3.05, 3.63) is 126 Å². The van der Waals surface area contributed by atoms with Crippen LogP contribution in [0.5, 0.6) is 0 Å². The van der Waals surface area contributed by atoms with Crippen LogP contribution in [0, 0.1) is 13.8 Å². The highest BCUT2D eigenvalue weighted by Gasteiger charge is 2.33. The van der Waals surface area contributed by atoms with Crippen LogP contribution in [0.3, 0.4) is 0 Å². The van der Waals surface area contributed by atoms with Gasteiger partial charge >= 0.3 is 0 Å². The van der Waals surface area contributed by atoms with Gasteiger partial charge in [-0.1, -0.05) is 109 Å². The molecule has 170 valence electrons. The molecule has 0 saturated heterocycles. The molecule has 0 amide bonds. The van der Waals surface area contributed by atoms with Gasteiger partial charge in [0.1, 0.15) is 6.54 Å². The van der Waals surface area contributed by atoms with Crippen molar-refractivity contribution in [2.45, 2.75) is 20.4 Å². The lowest BCUT2D eigenvalue weighted by atomic mass is 10.0.